The largest absolute Gasteiger partial charge is 0.335 e. The number of benzene rings is 1. The quantitative estimate of drug-likeness (QED) is 0.780. The number of hydrogen-bond donors (Lipinski definition) is 3. The van der Waals surface area contributed by atoms with E-state index in [0.717, 1.165) is 36.9 Å². The molecule has 0 radical (unpaired) electrons. The van der Waals surface area contributed by atoms with Crippen LogP contribution in [0.4, 0.5) is 10.5 Å². The molecule has 0 saturated heterocycles. The first-order valence-electron chi connectivity index (χ1n) is 8.59. The van der Waals surface area contributed by atoms with Crippen molar-refractivity contribution in [1.29, 1.82) is 0 Å². The van der Waals surface area contributed by atoms with Crippen molar-refractivity contribution in [3.05, 3.63) is 29.8 Å². The zero-order valence-corrected chi connectivity index (χ0v) is 13.6. The van der Waals surface area contributed by atoms with Crippen molar-refractivity contribution < 1.29 is 9.59 Å². The van der Waals surface area contributed by atoms with E-state index in [4.69, 9.17) is 0 Å². The summed E-state index contributed by atoms with van der Waals surface area (Å²) in [6.07, 6.45) is 6.57. The third-order valence-electron chi connectivity index (χ3n) is 4.66. The summed E-state index contributed by atoms with van der Waals surface area (Å²) in [5, 5.41) is 8.92. The van der Waals surface area contributed by atoms with Gasteiger partial charge in [0.2, 0.25) is 5.91 Å². The molecule has 5 nitrogen and oxygen atoms in total. The predicted molar refractivity (Wildman–Crippen MR) is 90.1 cm³/mol. The molecule has 1 aromatic carbocycles. The molecule has 23 heavy (non-hydrogen) atoms. The Morgan fingerprint density at radius 3 is 2.30 bits per heavy atom. The average Bonchev–Trinajstić information content (AvgIpc) is 3.27. The molecular formula is C18H25N3O2. The van der Waals surface area contributed by atoms with Crippen LogP contribution in [0.2, 0.25) is 0 Å². The van der Waals surface area contributed by atoms with Gasteiger partial charge in [0.05, 0.1) is 6.04 Å². The molecule has 1 aromatic rings. The van der Waals surface area contributed by atoms with E-state index in [1.807, 2.05) is 31.2 Å². The van der Waals surface area contributed by atoms with Crippen LogP contribution in [-0.2, 0) is 4.79 Å². The summed E-state index contributed by atoms with van der Waals surface area (Å²) in [4.78, 5) is 23.7. The maximum Gasteiger partial charge on any atom is 0.315 e. The number of carbonyl (C=O) groups is 2. The molecule has 5 heteroatoms. The summed E-state index contributed by atoms with van der Waals surface area (Å²) < 4.78 is 0. The van der Waals surface area contributed by atoms with Crippen molar-refractivity contribution in [2.75, 3.05) is 5.32 Å². The zero-order chi connectivity index (χ0) is 16.2. The Bertz CT molecular complexity index is 560. The van der Waals surface area contributed by atoms with Gasteiger partial charge in [-0.3, -0.25) is 4.79 Å². The van der Waals surface area contributed by atoms with Crippen molar-refractivity contribution in [1.82, 2.24) is 10.6 Å². The second kappa shape index (κ2) is 7.02. The molecule has 1 unspecified atom stereocenters. The fourth-order valence-electron chi connectivity index (χ4n) is 3.02. The van der Waals surface area contributed by atoms with Gasteiger partial charge in [0, 0.05) is 17.6 Å². The molecule has 0 bridgehead atoms. The monoisotopic (exact) mass is 315 g/mol. The van der Waals surface area contributed by atoms with E-state index in [1.54, 1.807) is 0 Å². The molecule has 3 N–H and O–H groups in total. The molecule has 3 rings (SSSR count). The number of nitrogens with one attached hydrogen (secondary N) is 3. The molecule has 0 aromatic heterocycles. The van der Waals surface area contributed by atoms with Crippen LogP contribution >= 0.6 is 0 Å². The van der Waals surface area contributed by atoms with Gasteiger partial charge >= 0.3 is 6.03 Å². The van der Waals surface area contributed by atoms with Crippen LogP contribution in [0.5, 0.6) is 0 Å². The highest BCUT2D eigenvalue weighted by Crippen LogP contribution is 2.30. The highest BCUT2D eigenvalue weighted by Gasteiger charge is 2.29. The Hall–Kier alpha value is -2.04. The second-order valence-electron chi connectivity index (χ2n) is 6.71. The molecule has 2 aliphatic rings. The first kappa shape index (κ1) is 15.8. The van der Waals surface area contributed by atoms with E-state index in [1.165, 1.54) is 12.8 Å². The molecular weight excluding hydrogens is 290 g/mol. The molecule has 1 atom stereocenters. The summed E-state index contributed by atoms with van der Waals surface area (Å²) in [5.74, 6) is 0.314. The summed E-state index contributed by atoms with van der Waals surface area (Å²) in [5.41, 5.74) is 1.84. The van der Waals surface area contributed by atoms with Crippen molar-refractivity contribution in [2.24, 2.45) is 5.92 Å². The van der Waals surface area contributed by atoms with Crippen LogP contribution in [0, 0.1) is 5.92 Å². The number of rotatable bonds is 5. The molecule has 2 fully saturated rings. The fourth-order valence-corrected chi connectivity index (χ4v) is 3.02. The summed E-state index contributed by atoms with van der Waals surface area (Å²) in [7, 11) is 0. The Kier molecular flexibility index (Phi) is 4.84. The van der Waals surface area contributed by atoms with Crippen molar-refractivity contribution in [3.63, 3.8) is 0 Å². The lowest BCUT2D eigenvalue weighted by molar-refractivity contribution is -0.117. The Morgan fingerprint density at radius 1 is 1.04 bits per heavy atom. The van der Waals surface area contributed by atoms with Crippen molar-refractivity contribution in [2.45, 2.75) is 57.5 Å². The number of carbonyl (C=O) groups excluding carboxylic acids is 2. The molecule has 2 aliphatic carbocycles. The summed E-state index contributed by atoms with van der Waals surface area (Å²) in [6, 6.07) is 7.83. The van der Waals surface area contributed by atoms with Crippen LogP contribution in [0.25, 0.3) is 0 Å². The van der Waals surface area contributed by atoms with Gasteiger partial charge < -0.3 is 16.0 Å². The lowest BCUT2D eigenvalue weighted by Crippen LogP contribution is -2.41. The van der Waals surface area contributed by atoms with Gasteiger partial charge in [0.1, 0.15) is 0 Å². The van der Waals surface area contributed by atoms with Gasteiger partial charge in [-0.05, 0) is 50.3 Å². The van der Waals surface area contributed by atoms with E-state index in [2.05, 4.69) is 16.0 Å². The molecule has 0 spiro atoms. The van der Waals surface area contributed by atoms with E-state index in [9.17, 15) is 9.59 Å². The smallest absolute Gasteiger partial charge is 0.315 e. The third kappa shape index (κ3) is 4.47. The lowest BCUT2D eigenvalue weighted by Gasteiger charge is -2.18. The normalized spacial score (nSPS) is 19.2. The molecule has 124 valence electrons. The van der Waals surface area contributed by atoms with Crippen LogP contribution in [0.3, 0.4) is 0 Å². The minimum absolute atomic E-state index is 0.0652. The topological polar surface area (TPSA) is 70.2 Å². The number of amides is 3. The van der Waals surface area contributed by atoms with Crippen LogP contribution in [0.1, 0.15) is 57.1 Å². The second-order valence-corrected chi connectivity index (χ2v) is 6.71. The van der Waals surface area contributed by atoms with E-state index in [-0.39, 0.29) is 23.9 Å². The highest BCUT2D eigenvalue weighted by atomic mass is 16.2. The molecule has 0 aliphatic heterocycles. The lowest BCUT2D eigenvalue weighted by atomic mass is 10.1. The Labute approximate surface area is 137 Å². The van der Waals surface area contributed by atoms with Gasteiger partial charge in [-0.15, -0.1) is 0 Å². The van der Waals surface area contributed by atoms with Crippen molar-refractivity contribution in [3.8, 4) is 0 Å². The Morgan fingerprint density at radius 2 is 1.70 bits per heavy atom. The van der Waals surface area contributed by atoms with Gasteiger partial charge in [0.25, 0.3) is 0 Å². The summed E-state index contributed by atoms with van der Waals surface area (Å²) >= 11 is 0. The van der Waals surface area contributed by atoms with Gasteiger partial charge in [-0.2, -0.15) is 0 Å². The predicted octanol–water partition coefficient (Wildman–Crippen LogP) is 3.34. The van der Waals surface area contributed by atoms with Crippen LogP contribution < -0.4 is 16.0 Å². The maximum absolute atomic E-state index is 12.0. The van der Waals surface area contributed by atoms with E-state index >= 15 is 0 Å². The fraction of sp³-hybridized carbons (Fsp3) is 0.556. The molecule has 0 heterocycles. The van der Waals surface area contributed by atoms with Crippen LogP contribution in [0.15, 0.2) is 24.3 Å². The molecule has 3 amide bonds. The van der Waals surface area contributed by atoms with E-state index in [0.29, 0.717) is 6.04 Å². The van der Waals surface area contributed by atoms with Crippen LogP contribution in [-0.4, -0.2) is 18.0 Å². The first-order chi connectivity index (χ1) is 11.1. The minimum Gasteiger partial charge on any atom is -0.335 e. The number of hydrogen-bond acceptors (Lipinski definition) is 2. The third-order valence-corrected chi connectivity index (χ3v) is 4.66. The van der Waals surface area contributed by atoms with E-state index < -0.39 is 0 Å². The van der Waals surface area contributed by atoms with Gasteiger partial charge in [-0.1, -0.05) is 25.0 Å². The van der Waals surface area contributed by atoms with Gasteiger partial charge in [-0.25, -0.2) is 4.79 Å². The summed E-state index contributed by atoms with van der Waals surface area (Å²) in [6.45, 7) is 1.96. The zero-order valence-electron chi connectivity index (χ0n) is 13.6. The standard InChI is InChI=1S/C18H25N3O2/c1-12(19-18(23)21-15-4-2-3-5-15)13-8-10-16(11-9-13)20-17(22)14-6-7-14/h8-12,14-15H,2-7H2,1H3,(H,20,22)(H2,19,21,23). The first-order valence-corrected chi connectivity index (χ1v) is 8.59. The number of anilines is 1. The van der Waals surface area contributed by atoms with Gasteiger partial charge in [0.15, 0.2) is 0 Å². The maximum atomic E-state index is 12.0. The molecule has 2 saturated carbocycles. The highest BCUT2D eigenvalue weighted by molar-refractivity contribution is 5.94. The minimum atomic E-state index is -0.101. The van der Waals surface area contributed by atoms with Crippen molar-refractivity contribution >= 4 is 17.6 Å². The SMILES string of the molecule is CC(NC(=O)NC1CCCC1)c1ccc(NC(=O)C2CC2)cc1. The number of urea groups is 1. The Balaban J connectivity index is 1.49. The average molecular weight is 315 g/mol.